The predicted molar refractivity (Wildman–Crippen MR) is 47.3 cm³/mol. The summed E-state index contributed by atoms with van der Waals surface area (Å²) < 4.78 is 12.5. The maximum Gasteiger partial charge on any atom is 0.128 e. The highest BCUT2D eigenvalue weighted by Crippen LogP contribution is 2.10. The zero-order chi connectivity index (χ0) is 9.10. The molecule has 0 atom stereocenters. The first-order valence-electron chi connectivity index (χ1n) is 4.61. The van der Waals surface area contributed by atoms with Crippen molar-refractivity contribution in [2.75, 3.05) is 31.2 Å². The van der Waals surface area contributed by atoms with Gasteiger partial charge in [0.25, 0.3) is 0 Å². The fraction of sp³-hybridized carbons (Fsp3) is 0.444. The first-order valence-corrected chi connectivity index (χ1v) is 4.11. The SMILES string of the molecule is [2H]c1ccc(N2CCOCC2)nc1. The highest BCUT2D eigenvalue weighted by Gasteiger charge is 2.10. The molecule has 0 N–H and O–H groups in total. The highest BCUT2D eigenvalue weighted by molar-refractivity contribution is 5.37. The van der Waals surface area contributed by atoms with Gasteiger partial charge in [-0.25, -0.2) is 4.98 Å². The van der Waals surface area contributed by atoms with Gasteiger partial charge < -0.3 is 9.64 Å². The third-order valence-corrected chi connectivity index (χ3v) is 1.94. The number of aromatic nitrogens is 1. The molecule has 12 heavy (non-hydrogen) atoms. The Labute approximate surface area is 73.4 Å². The summed E-state index contributed by atoms with van der Waals surface area (Å²) in [7, 11) is 0. The minimum atomic E-state index is 0.456. The fourth-order valence-corrected chi connectivity index (χ4v) is 1.29. The van der Waals surface area contributed by atoms with Crippen LogP contribution in [0.2, 0.25) is 0 Å². The lowest BCUT2D eigenvalue weighted by molar-refractivity contribution is 0.122. The number of hydrogen-bond donors (Lipinski definition) is 0. The molecule has 0 aromatic carbocycles. The average molecular weight is 165 g/mol. The average Bonchev–Trinajstić information content (AvgIpc) is 2.20. The van der Waals surface area contributed by atoms with E-state index in [0.717, 1.165) is 32.1 Å². The third kappa shape index (κ3) is 1.56. The van der Waals surface area contributed by atoms with Crippen molar-refractivity contribution in [3.63, 3.8) is 0 Å². The second kappa shape index (κ2) is 3.54. The minimum absolute atomic E-state index is 0.456. The van der Waals surface area contributed by atoms with Gasteiger partial charge in [-0.2, -0.15) is 0 Å². The number of pyridine rings is 1. The predicted octanol–water partition coefficient (Wildman–Crippen LogP) is 0.918. The van der Waals surface area contributed by atoms with Crippen LogP contribution in [0.1, 0.15) is 1.37 Å². The van der Waals surface area contributed by atoms with Gasteiger partial charge in [-0.05, 0) is 12.1 Å². The molecule has 0 spiro atoms. The smallest absolute Gasteiger partial charge is 0.128 e. The van der Waals surface area contributed by atoms with E-state index in [1.54, 1.807) is 12.3 Å². The number of morpholine rings is 1. The Morgan fingerprint density at radius 3 is 3.00 bits per heavy atom. The van der Waals surface area contributed by atoms with E-state index in [-0.39, 0.29) is 0 Å². The summed E-state index contributed by atoms with van der Waals surface area (Å²) >= 11 is 0. The van der Waals surface area contributed by atoms with Gasteiger partial charge in [0.2, 0.25) is 0 Å². The highest BCUT2D eigenvalue weighted by atomic mass is 16.5. The Balaban J connectivity index is 2.10. The standard InChI is InChI=1S/C9H12N2O/c1-2-4-10-9(3-1)11-5-7-12-8-6-11/h1-4H,5-8H2/i2D. The molecule has 2 rings (SSSR count). The Morgan fingerprint density at radius 2 is 2.33 bits per heavy atom. The molecule has 1 aromatic rings. The summed E-state index contributed by atoms with van der Waals surface area (Å²) in [4.78, 5) is 6.35. The monoisotopic (exact) mass is 165 g/mol. The molecule has 1 saturated heterocycles. The van der Waals surface area contributed by atoms with Gasteiger partial charge >= 0.3 is 0 Å². The number of anilines is 1. The lowest BCUT2D eigenvalue weighted by Gasteiger charge is -2.27. The van der Waals surface area contributed by atoms with Crippen LogP contribution in [0.4, 0.5) is 5.82 Å². The van der Waals surface area contributed by atoms with Gasteiger partial charge in [-0.15, -0.1) is 0 Å². The molecule has 1 aliphatic rings. The lowest BCUT2D eigenvalue weighted by Crippen LogP contribution is -2.36. The third-order valence-electron chi connectivity index (χ3n) is 1.94. The molecule has 2 heterocycles. The molecule has 3 nitrogen and oxygen atoms in total. The quantitative estimate of drug-likeness (QED) is 0.618. The molecule has 0 radical (unpaired) electrons. The molecule has 0 bridgehead atoms. The molecule has 0 saturated carbocycles. The summed E-state index contributed by atoms with van der Waals surface area (Å²) in [5.41, 5.74) is 0. The maximum atomic E-state index is 7.30. The molecule has 1 aromatic heterocycles. The Hall–Kier alpha value is -1.09. The Morgan fingerprint density at radius 1 is 1.50 bits per heavy atom. The van der Waals surface area contributed by atoms with Crippen LogP contribution in [-0.4, -0.2) is 31.3 Å². The van der Waals surface area contributed by atoms with E-state index in [0.29, 0.717) is 6.04 Å². The summed E-state index contributed by atoms with van der Waals surface area (Å²) in [6.45, 7) is 3.32. The zero-order valence-electron chi connectivity index (χ0n) is 7.86. The second-order valence-corrected chi connectivity index (χ2v) is 2.72. The van der Waals surface area contributed by atoms with Crippen molar-refractivity contribution in [3.8, 4) is 0 Å². The van der Waals surface area contributed by atoms with Crippen molar-refractivity contribution < 1.29 is 6.11 Å². The minimum Gasteiger partial charge on any atom is -0.378 e. The number of nitrogens with zero attached hydrogens (tertiary/aromatic N) is 2. The second-order valence-electron chi connectivity index (χ2n) is 2.72. The summed E-state index contributed by atoms with van der Waals surface area (Å²) in [5, 5.41) is 0. The molecule has 64 valence electrons. The summed E-state index contributed by atoms with van der Waals surface area (Å²) in [6, 6.07) is 4.10. The van der Waals surface area contributed by atoms with Crippen molar-refractivity contribution in [1.82, 2.24) is 4.98 Å². The van der Waals surface area contributed by atoms with Gasteiger partial charge in [0.1, 0.15) is 5.82 Å². The van der Waals surface area contributed by atoms with Crippen LogP contribution in [0.15, 0.2) is 24.4 Å². The molecule has 0 amide bonds. The van der Waals surface area contributed by atoms with Gasteiger partial charge in [-0.3, -0.25) is 0 Å². The van der Waals surface area contributed by atoms with Crippen molar-refractivity contribution in [3.05, 3.63) is 24.4 Å². The zero-order valence-corrected chi connectivity index (χ0v) is 6.86. The van der Waals surface area contributed by atoms with Crippen LogP contribution >= 0.6 is 0 Å². The molecular formula is C9H12N2O. The van der Waals surface area contributed by atoms with E-state index in [1.807, 2.05) is 6.07 Å². The molecule has 0 aliphatic carbocycles. The largest absolute Gasteiger partial charge is 0.378 e. The van der Waals surface area contributed by atoms with Crippen LogP contribution in [0, 0.1) is 0 Å². The van der Waals surface area contributed by atoms with E-state index in [4.69, 9.17) is 6.11 Å². The number of rotatable bonds is 1. The van der Waals surface area contributed by atoms with Crippen LogP contribution in [0.25, 0.3) is 0 Å². The molecule has 1 fully saturated rings. The number of hydrogen-bond acceptors (Lipinski definition) is 3. The van der Waals surface area contributed by atoms with Crippen molar-refractivity contribution in [1.29, 1.82) is 0 Å². The van der Waals surface area contributed by atoms with Gasteiger partial charge in [0.15, 0.2) is 0 Å². The van der Waals surface area contributed by atoms with E-state index in [9.17, 15) is 0 Å². The first kappa shape index (κ1) is 6.43. The van der Waals surface area contributed by atoms with Gasteiger partial charge in [0, 0.05) is 19.3 Å². The van der Waals surface area contributed by atoms with E-state index >= 15 is 0 Å². The lowest BCUT2D eigenvalue weighted by atomic mass is 10.4. The Bertz CT molecular complexity index is 269. The molecular weight excluding hydrogens is 152 g/mol. The maximum absolute atomic E-state index is 7.30. The van der Waals surface area contributed by atoms with Crippen molar-refractivity contribution in [2.45, 2.75) is 0 Å². The van der Waals surface area contributed by atoms with E-state index < -0.39 is 0 Å². The fourth-order valence-electron chi connectivity index (χ4n) is 1.29. The normalized spacial score (nSPS) is 19.0. The van der Waals surface area contributed by atoms with Crippen LogP contribution in [0.3, 0.4) is 0 Å². The topological polar surface area (TPSA) is 25.4 Å². The van der Waals surface area contributed by atoms with Crippen molar-refractivity contribution in [2.24, 2.45) is 0 Å². The van der Waals surface area contributed by atoms with Crippen molar-refractivity contribution >= 4 is 5.82 Å². The van der Waals surface area contributed by atoms with Crippen LogP contribution in [0.5, 0.6) is 0 Å². The summed E-state index contributed by atoms with van der Waals surface area (Å²) in [5.74, 6) is 0.944. The van der Waals surface area contributed by atoms with Crippen LogP contribution in [-0.2, 0) is 4.74 Å². The van der Waals surface area contributed by atoms with E-state index in [1.165, 1.54) is 0 Å². The molecule has 3 heteroatoms. The van der Waals surface area contributed by atoms with E-state index in [2.05, 4.69) is 9.88 Å². The first-order chi connectivity index (χ1) is 6.36. The van der Waals surface area contributed by atoms with Gasteiger partial charge in [0.05, 0.1) is 14.6 Å². The van der Waals surface area contributed by atoms with Gasteiger partial charge in [-0.1, -0.05) is 6.07 Å². The Kier molecular flexibility index (Phi) is 1.90. The summed E-state index contributed by atoms with van der Waals surface area (Å²) in [6.07, 6.45) is 1.57. The molecule has 1 aliphatic heterocycles. The molecule has 0 unspecified atom stereocenters. The number of ether oxygens (including phenoxy) is 1. The van der Waals surface area contributed by atoms with Crippen LogP contribution < -0.4 is 4.90 Å².